The maximum Gasteiger partial charge on any atom is 0.319 e. The first-order valence-electron chi connectivity index (χ1n) is 5.49. The van der Waals surface area contributed by atoms with E-state index in [-0.39, 0.29) is 17.4 Å². The van der Waals surface area contributed by atoms with Crippen LogP contribution in [0, 0.1) is 0 Å². The van der Waals surface area contributed by atoms with Crippen molar-refractivity contribution in [2.45, 2.75) is 26.3 Å². The molecule has 0 fully saturated rings. The monoisotopic (exact) mass is 250 g/mol. The SMILES string of the molecule is CC(C)(C)NC(=O)Nc1ccc(/C(N)=N/O)cc1. The topological polar surface area (TPSA) is 99.7 Å². The Hall–Kier alpha value is -2.24. The molecule has 5 N–H and O–H groups in total. The molecule has 0 aliphatic carbocycles. The van der Waals surface area contributed by atoms with Crippen molar-refractivity contribution >= 4 is 17.6 Å². The van der Waals surface area contributed by atoms with Crippen molar-refractivity contribution < 1.29 is 10.0 Å². The van der Waals surface area contributed by atoms with E-state index >= 15 is 0 Å². The molecule has 0 aliphatic heterocycles. The van der Waals surface area contributed by atoms with Crippen molar-refractivity contribution in [2.75, 3.05) is 5.32 Å². The molecule has 2 amide bonds. The third-order valence-corrected chi connectivity index (χ3v) is 2.03. The Morgan fingerprint density at radius 1 is 1.28 bits per heavy atom. The summed E-state index contributed by atoms with van der Waals surface area (Å²) in [5, 5.41) is 16.9. The van der Waals surface area contributed by atoms with Gasteiger partial charge in [0.25, 0.3) is 0 Å². The molecule has 0 saturated carbocycles. The van der Waals surface area contributed by atoms with Crippen LogP contribution in [0.25, 0.3) is 0 Å². The Morgan fingerprint density at radius 2 is 1.83 bits per heavy atom. The molecule has 6 heteroatoms. The smallest absolute Gasteiger partial charge is 0.319 e. The quantitative estimate of drug-likeness (QED) is 0.278. The summed E-state index contributed by atoms with van der Waals surface area (Å²) >= 11 is 0. The van der Waals surface area contributed by atoms with Crippen LogP contribution in [-0.2, 0) is 0 Å². The standard InChI is InChI=1S/C12H18N4O2/c1-12(2,3)15-11(17)14-9-6-4-8(5-7-9)10(13)16-18/h4-7,18H,1-3H3,(H2,13,16)(H2,14,15,17). The zero-order chi connectivity index (χ0) is 13.8. The molecule has 1 rings (SSSR count). The van der Waals surface area contributed by atoms with Crippen molar-refractivity contribution in [2.24, 2.45) is 10.9 Å². The number of benzene rings is 1. The van der Waals surface area contributed by atoms with Gasteiger partial charge in [-0.2, -0.15) is 0 Å². The van der Waals surface area contributed by atoms with Crippen LogP contribution in [0.1, 0.15) is 26.3 Å². The van der Waals surface area contributed by atoms with Gasteiger partial charge in [-0.05, 0) is 45.0 Å². The van der Waals surface area contributed by atoms with E-state index in [0.717, 1.165) is 0 Å². The number of amidine groups is 1. The van der Waals surface area contributed by atoms with Crippen molar-refractivity contribution in [1.82, 2.24) is 5.32 Å². The van der Waals surface area contributed by atoms with E-state index in [4.69, 9.17) is 10.9 Å². The largest absolute Gasteiger partial charge is 0.409 e. The lowest BCUT2D eigenvalue weighted by molar-refractivity contribution is 0.244. The number of anilines is 1. The number of rotatable bonds is 2. The Labute approximate surface area is 106 Å². The van der Waals surface area contributed by atoms with Crippen molar-refractivity contribution in [3.8, 4) is 0 Å². The normalized spacial score (nSPS) is 12.1. The number of oxime groups is 1. The van der Waals surface area contributed by atoms with Crippen molar-refractivity contribution in [3.05, 3.63) is 29.8 Å². The molecule has 0 atom stereocenters. The Bertz CT molecular complexity index is 446. The lowest BCUT2D eigenvalue weighted by atomic mass is 10.1. The molecule has 0 unspecified atom stereocenters. The van der Waals surface area contributed by atoms with Gasteiger partial charge in [0.05, 0.1) is 0 Å². The number of amides is 2. The summed E-state index contributed by atoms with van der Waals surface area (Å²) < 4.78 is 0. The molecule has 0 spiro atoms. The first kappa shape index (κ1) is 13.8. The molecular weight excluding hydrogens is 232 g/mol. The van der Waals surface area contributed by atoms with E-state index in [9.17, 15) is 4.79 Å². The highest BCUT2D eigenvalue weighted by atomic mass is 16.4. The van der Waals surface area contributed by atoms with Gasteiger partial charge in [-0.3, -0.25) is 0 Å². The number of carbonyl (C=O) groups is 1. The highest BCUT2D eigenvalue weighted by molar-refractivity contribution is 5.97. The van der Waals surface area contributed by atoms with E-state index in [1.165, 1.54) is 0 Å². The fraction of sp³-hybridized carbons (Fsp3) is 0.333. The summed E-state index contributed by atoms with van der Waals surface area (Å²) in [7, 11) is 0. The van der Waals surface area contributed by atoms with Gasteiger partial charge in [-0.15, -0.1) is 0 Å². The van der Waals surface area contributed by atoms with E-state index in [0.29, 0.717) is 11.3 Å². The number of nitrogens with one attached hydrogen (secondary N) is 2. The molecule has 1 aromatic rings. The first-order chi connectivity index (χ1) is 8.31. The minimum atomic E-state index is -0.294. The van der Waals surface area contributed by atoms with Gasteiger partial charge >= 0.3 is 6.03 Å². The third-order valence-electron chi connectivity index (χ3n) is 2.03. The van der Waals surface area contributed by atoms with Gasteiger partial charge in [0.1, 0.15) is 0 Å². The van der Waals surface area contributed by atoms with Crippen molar-refractivity contribution in [1.29, 1.82) is 0 Å². The van der Waals surface area contributed by atoms with Crippen LogP contribution in [0.3, 0.4) is 0 Å². The Kier molecular flexibility index (Phi) is 4.14. The van der Waals surface area contributed by atoms with Gasteiger partial charge in [0, 0.05) is 16.8 Å². The van der Waals surface area contributed by atoms with Gasteiger partial charge in [-0.1, -0.05) is 5.16 Å². The fourth-order valence-electron chi connectivity index (χ4n) is 1.28. The summed E-state index contributed by atoms with van der Waals surface area (Å²) in [5.41, 5.74) is 6.35. The molecule has 0 aromatic heterocycles. The number of nitrogens with zero attached hydrogens (tertiary/aromatic N) is 1. The van der Waals surface area contributed by atoms with Gasteiger partial charge in [0.15, 0.2) is 5.84 Å². The second-order valence-corrected chi connectivity index (χ2v) is 4.89. The molecule has 98 valence electrons. The van der Waals surface area contributed by atoms with E-state index in [1.54, 1.807) is 24.3 Å². The van der Waals surface area contributed by atoms with E-state index in [2.05, 4.69) is 15.8 Å². The summed E-state index contributed by atoms with van der Waals surface area (Å²) in [4.78, 5) is 11.6. The zero-order valence-corrected chi connectivity index (χ0v) is 10.7. The van der Waals surface area contributed by atoms with Gasteiger partial charge in [0.2, 0.25) is 0 Å². The molecule has 0 aliphatic rings. The third kappa shape index (κ3) is 4.32. The molecule has 0 radical (unpaired) electrons. The number of hydrogen-bond donors (Lipinski definition) is 4. The Balaban J connectivity index is 2.67. The number of carbonyl (C=O) groups excluding carboxylic acids is 1. The average Bonchev–Trinajstić information content (AvgIpc) is 2.26. The summed E-state index contributed by atoms with van der Waals surface area (Å²) in [6, 6.07) is 6.38. The van der Waals surface area contributed by atoms with Crippen LogP contribution < -0.4 is 16.4 Å². The number of nitrogens with two attached hydrogens (primary N) is 1. The van der Waals surface area contributed by atoms with Gasteiger partial charge in [-0.25, -0.2) is 4.79 Å². The summed E-state index contributed by atoms with van der Waals surface area (Å²) in [5.74, 6) is 0.0284. The molecule has 0 heterocycles. The maximum absolute atomic E-state index is 11.6. The number of urea groups is 1. The lowest BCUT2D eigenvalue weighted by Crippen LogP contribution is -2.43. The van der Waals surface area contributed by atoms with Crippen molar-refractivity contribution in [3.63, 3.8) is 0 Å². The van der Waals surface area contributed by atoms with Crippen LogP contribution in [-0.4, -0.2) is 22.6 Å². The minimum Gasteiger partial charge on any atom is -0.409 e. The van der Waals surface area contributed by atoms with Gasteiger partial charge < -0.3 is 21.6 Å². The second-order valence-electron chi connectivity index (χ2n) is 4.89. The molecule has 1 aromatic carbocycles. The Morgan fingerprint density at radius 3 is 2.28 bits per heavy atom. The predicted molar refractivity (Wildman–Crippen MR) is 70.9 cm³/mol. The fourth-order valence-corrected chi connectivity index (χ4v) is 1.28. The number of hydrogen-bond acceptors (Lipinski definition) is 3. The first-order valence-corrected chi connectivity index (χ1v) is 5.49. The predicted octanol–water partition coefficient (Wildman–Crippen LogP) is 1.70. The van der Waals surface area contributed by atoms with Crippen LogP contribution in [0.2, 0.25) is 0 Å². The molecule has 0 saturated heterocycles. The summed E-state index contributed by atoms with van der Waals surface area (Å²) in [6.07, 6.45) is 0. The molecular formula is C12H18N4O2. The van der Waals surface area contributed by atoms with Crippen LogP contribution in [0.4, 0.5) is 10.5 Å². The molecule has 18 heavy (non-hydrogen) atoms. The zero-order valence-electron chi connectivity index (χ0n) is 10.7. The second kappa shape index (κ2) is 5.39. The van der Waals surface area contributed by atoms with E-state index < -0.39 is 0 Å². The minimum absolute atomic E-state index is 0.0284. The maximum atomic E-state index is 11.6. The highest BCUT2D eigenvalue weighted by Crippen LogP contribution is 2.10. The summed E-state index contributed by atoms with van der Waals surface area (Å²) in [6.45, 7) is 5.69. The highest BCUT2D eigenvalue weighted by Gasteiger charge is 2.13. The van der Waals surface area contributed by atoms with Crippen LogP contribution in [0.15, 0.2) is 29.4 Å². The average molecular weight is 250 g/mol. The lowest BCUT2D eigenvalue weighted by Gasteiger charge is -2.20. The van der Waals surface area contributed by atoms with Crippen LogP contribution >= 0.6 is 0 Å². The van der Waals surface area contributed by atoms with Crippen LogP contribution in [0.5, 0.6) is 0 Å². The molecule has 0 bridgehead atoms. The molecule has 6 nitrogen and oxygen atoms in total. The van der Waals surface area contributed by atoms with E-state index in [1.807, 2.05) is 20.8 Å².